The summed E-state index contributed by atoms with van der Waals surface area (Å²) in [6.45, 7) is 0. The Kier molecular flexibility index (Phi) is 4.51. The Labute approximate surface area is 164 Å². The lowest BCUT2D eigenvalue weighted by Crippen LogP contribution is -2.29. The van der Waals surface area contributed by atoms with Crippen LogP contribution in [0.2, 0.25) is 5.02 Å². The molecular formula is C20H13ClN2O3S. The van der Waals surface area contributed by atoms with Crippen molar-refractivity contribution in [3.8, 4) is 0 Å². The molecule has 1 aliphatic heterocycles. The van der Waals surface area contributed by atoms with Gasteiger partial charge in [-0.05, 0) is 17.7 Å². The minimum atomic E-state index is -0.784. The Bertz CT molecular complexity index is 1030. The average Bonchev–Trinajstić information content (AvgIpc) is 3.30. The van der Waals surface area contributed by atoms with Gasteiger partial charge >= 0.3 is 5.91 Å². The molecule has 0 bridgehead atoms. The minimum Gasteiger partial charge on any atom is -0.507 e. The molecule has 1 aliphatic rings. The zero-order chi connectivity index (χ0) is 19.0. The summed E-state index contributed by atoms with van der Waals surface area (Å²) in [6.07, 6.45) is 1.56. The Hall–Kier alpha value is -2.96. The lowest BCUT2D eigenvalue weighted by molar-refractivity contribution is -0.132. The van der Waals surface area contributed by atoms with Gasteiger partial charge in [0, 0.05) is 22.2 Å². The summed E-state index contributed by atoms with van der Waals surface area (Å²) in [5, 5.41) is 13.5. The maximum atomic E-state index is 12.8. The fourth-order valence-corrected chi connectivity index (χ4v) is 3.87. The second kappa shape index (κ2) is 6.98. The number of ketones is 1. The summed E-state index contributed by atoms with van der Waals surface area (Å²) in [6, 6.07) is 14.7. The summed E-state index contributed by atoms with van der Waals surface area (Å²) in [4.78, 5) is 31.1. The van der Waals surface area contributed by atoms with Crippen LogP contribution in [0.4, 0.5) is 5.13 Å². The molecule has 134 valence electrons. The largest absolute Gasteiger partial charge is 0.507 e. The van der Waals surface area contributed by atoms with E-state index in [0.29, 0.717) is 21.3 Å². The second-order valence-electron chi connectivity index (χ2n) is 5.90. The zero-order valence-corrected chi connectivity index (χ0v) is 15.4. The fourth-order valence-electron chi connectivity index (χ4n) is 3.08. The first-order valence-corrected chi connectivity index (χ1v) is 9.35. The summed E-state index contributed by atoms with van der Waals surface area (Å²) in [5.41, 5.74) is 1.16. The van der Waals surface area contributed by atoms with Crippen LogP contribution in [0, 0.1) is 0 Å². The Balaban J connectivity index is 1.94. The number of benzene rings is 2. The normalized spacial score (nSPS) is 18.9. The lowest BCUT2D eigenvalue weighted by atomic mass is 9.95. The highest BCUT2D eigenvalue weighted by molar-refractivity contribution is 7.14. The van der Waals surface area contributed by atoms with Gasteiger partial charge in [0.05, 0.1) is 11.6 Å². The van der Waals surface area contributed by atoms with Gasteiger partial charge in [0.25, 0.3) is 5.78 Å². The van der Waals surface area contributed by atoms with Crippen molar-refractivity contribution in [1.82, 2.24) is 4.98 Å². The van der Waals surface area contributed by atoms with Crippen LogP contribution in [-0.2, 0) is 9.59 Å². The van der Waals surface area contributed by atoms with Crippen LogP contribution in [0.25, 0.3) is 5.76 Å². The number of halogens is 1. The van der Waals surface area contributed by atoms with E-state index in [2.05, 4.69) is 4.98 Å². The molecule has 1 saturated heterocycles. The zero-order valence-electron chi connectivity index (χ0n) is 13.9. The molecule has 3 aromatic rings. The number of aliphatic hydroxyl groups is 1. The molecule has 1 fully saturated rings. The molecule has 0 aliphatic carbocycles. The third-order valence-corrected chi connectivity index (χ3v) is 5.33. The van der Waals surface area contributed by atoms with Crippen LogP contribution in [-0.4, -0.2) is 21.8 Å². The van der Waals surface area contributed by atoms with Crippen molar-refractivity contribution in [2.24, 2.45) is 0 Å². The number of rotatable bonds is 3. The van der Waals surface area contributed by atoms with E-state index in [4.69, 9.17) is 11.6 Å². The van der Waals surface area contributed by atoms with Crippen molar-refractivity contribution >= 4 is 45.5 Å². The van der Waals surface area contributed by atoms with E-state index in [1.165, 1.54) is 16.2 Å². The molecule has 7 heteroatoms. The number of thiazole rings is 1. The predicted octanol–water partition coefficient (Wildman–Crippen LogP) is 4.42. The number of aromatic nitrogens is 1. The predicted molar refractivity (Wildman–Crippen MR) is 105 cm³/mol. The number of Topliss-reactive ketones (excluding diaryl/α,β-unsaturated/α-hetero) is 1. The van der Waals surface area contributed by atoms with Gasteiger partial charge in [0.2, 0.25) is 0 Å². The van der Waals surface area contributed by atoms with Gasteiger partial charge in [0.1, 0.15) is 5.76 Å². The molecule has 4 rings (SSSR count). The van der Waals surface area contributed by atoms with E-state index in [-0.39, 0.29) is 11.3 Å². The SMILES string of the molecule is O=C1C(=O)N(c2nccs2)C(c2ccc(Cl)cc2)/C1=C(\O)c1ccccc1. The topological polar surface area (TPSA) is 70.5 Å². The standard InChI is InChI=1S/C20H13ClN2O3S/c21-14-8-6-12(7-9-14)16-15(17(24)13-4-2-1-3-5-13)18(25)19(26)23(16)20-22-10-11-27-20/h1-11,16,24H/b17-15+. The molecule has 0 radical (unpaired) electrons. The Morgan fingerprint density at radius 3 is 2.41 bits per heavy atom. The number of aliphatic hydroxyl groups excluding tert-OH is 1. The molecule has 0 saturated carbocycles. The van der Waals surface area contributed by atoms with E-state index in [0.717, 1.165) is 0 Å². The maximum absolute atomic E-state index is 12.8. The smallest absolute Gasteiger partial charge is 0.301 e. The van der Waals surface area contributed by atoms with Crippen LogP contribution >= 0.6 is 22.9 Å². The first kappa shape index (κ1) is 17.5. The van der Waals surface area contributed by atoms with E-state index >= 15 is 0 Å². The second-order valence-corrected chi connectivity index (χ2v) is 7.21. The highest BCUT2D eigenvalue weighted by atomic mass is 35.5. The molecule has 27 heavy (non-hydrogen) atoms. The summed E-state index contributed by atoms with van der Waals surface area (Å²) in [5.74, 6) is -1.68. The van der Waals surface area contributed by atoms with Gasteiger partial charge in [-0.2, -0.15) is 0 Å². The molecule has 2 heterocycles. The van der Waals surface area contributed by atoms with E-state index in [1.54, 1.807) is 60.1 Å². The molecule has 1 N–H and O–H groups in total. The summed E-state index contributed by atoms with van der Waals surface area (Å²) < 4.78 is 0. The van der Waals surface area contributed by atoms with E-state index in [9.17, 15) is 14.7 Å². The van der Waals surface area contributed by atoms with Gasteiger partial charge in [0.15, 0.2) is 5.13 Å². The molecule has 1 unspecified atom stereocenters. The lowest BCUT2D eigenvalue weighted by Gasteiger charge is -2.23. The number of nitrogens with zero attached hydrogens (tertiary/aromatic N) is 2. The molecule has 1 aromatic heterocycles. The Morgan fingerprint density at radius 1 is 1.07 bits per heavy atom. The maximum Gasteiger partial charge on any atom is 0.301 e. The first-order valence-electron chi connectivity index (χ1n) is 8.09. The van der Waals surface area contributed by atoms with Gasteiger partial charge in [-0.15, -0.1) is 11.3 Å². The molecular weight excluding hydrogens is 384 g/mol. The van der Waals surface area contributed by atoms with Crippen molar-refractivity contribution in [2.45, 2.75) is 6.04 Å². The van der Waals surface area contributed by atoms with E-state index in [1.807, 2.05) is 6.07 Å². The Morgan fingerprint density at radius 2 is 1.78 bits per heavy atom. The van der Waals surface area contributed by atoms with Crippen molar-refractivity contribution in [3.05, 3.63) is 87.9 Å². The van der Waals surface area contributed by atoms with Gasteiger partial charge in [-0.3, -0.25) is 14.5 Å². The van der Waals surface area contributed by atoms with Crippen molar-refractivity contribution in [3.63, 3.8) is 0 Å². The summed E-state index contributed by atoms with van der Waals surface area (Å²) in [7, 11) is 0. The van der Waals surface area contributed by atoms with E-state index < -0.39 is 17.7 Å². The highest BCUT2D eigenvalue weighted by Crippen LogP contribution is 2.42. The van der Waals surface area contributed by atoms with Crippen molar-refractivity contribution in [2.75, 3.05) is 4.90 Å². The van der Waals surface area contributed by atoms with Crippen molar-refractivity contribution in [1.29, 1.82) is 0 Å². The number of carbonyl (C=O) groups excluding carboxylic acids is 2. The third-order valence-electron chi connectivity index (χ3n) is 4.30. The van der Waals surface area contributed by atoms with Crippen LogP contribution in [0.3, 0.4) is 0 Å². The van der Waals surface area contributed by atoms with Gasteiger partial charge < -0.3 is 5.11 Å². The number of carbonyl (C=O) groups is 2. The average molecular weight is 397 g/mol. The third kappa shape index (κ3) is 3.03. The van der Waals surface area contributed by atoms with Crippen LogP contribution in [0.5, 0.6) is 0 Å². The highest BCUT2D eigenvalue weighted by Gasteiger charge is 2.47. The van der Waals surface area contributed by atoms with Crippen LogP contribution in [0.15, 0.2) is 71.7 Å². The number of hydrogen-bond acceptors (Lipinski definition) is 5. The number of hydrogen-bond donors (Lipinski definition) is 1. The summed E-state index contributed by atoms with van der Waals surface area (Å²) >= 11 is 7.24. The quantitative estimate of drug-likeness (QED) is 0.404. The minimum absolute atomic E-state index is 0.0312. The van der Waals surface area contributed by atoms with Crippen molar-refractivity contribution < 1.29 is 14.7 Å². The van der Waals surface area contributed by atoms with Crippen LogP contribution < -0.4 is 4.90 Å². The van der Waals surface area contributed by atoms with Crippen LogP contribution in [0.1, 0.15) is 17.2 Å². The monoisotopic (exact) mass is 396 g/mol. The van der Waals surface area contributed by atoms with Gasteiger partial charge in [-0.1, -0.05) is 54.1 Å². The molecule has 1 amide bonds. The molecule has 0 spiro atoms. The van der Waals surface area contributed by atoms with Gasteiger partial charge in [-0.25, -0.2) is 4.98 Å². The molecule has 1 atom stereocenters. The number of anilines is 1. The molecule has 5 nitrogen and oxygen atoms in total. The molecule has 2 aromatic carbocycles. The number of amides is 1. The first-order chi connectivity index (χ1) is 13.1. The fraction of sp³-hybridized carbons (Fsp3) is 0.0500.